The van der Waals surface area contributed by atoms with Crippen LogP contribution in [0.5, 0.6) is 0 Å². The maximum atomic E-state index is 7.72. The average Bonchev–Trinajstić information content (AvgIpc) is 0.811. The Morgan fingerprint density at radius 2 is 2.00 bits per heavy atom. The summed E-state index contributed by atoms with van der Waals surface area (Å²) < 4.78 is 0. The molecule has 0 aliphatic heterocycles. The summed E-state index contributed by atoms with van der Waals surface area (Å²) in [5, 5.41) is 7.72. The predicted octanol–water partition coefficient (Wildman–Crippen LogP) is -0.392. The van der Waals surface area contributed by atoms with Gasteiger partial charge in [-0.25, -0.2) is 5.73 Å². The molecule has 0 aliphatic rings. The fourth-order valence-corrected chi connectivity index (χ4v) is 0. The molecular formula is C2H6NO. The van der Waals surface area contributed by atoms with Crippen molar-refractivity contribution in [2.45, 2.75) is 13.2 Å². The minimum absolute atomic E-state index is 0.917. The van der Waals surface area contributed by atoms with Gasteiger partial charge in [-0.3, -0.25) is 0 Å². The van der Waals surface area contributed by atoms with Crippen LogP contribution in [0.25, 0.3) is 0 Å². The predicted molar refractivity (Wildman–Crippen MR) is 14.8 cm³/mol. The second-order valence-electron chi connectivity index (χ2n) is 0.676. The summed E-state index contributed by atoms with van der Waals surface area (Å²) in [6.07, 6.45) is -0.917. The quantitative estimate of drug-likeness (QED) is 0.406. The molecule has 0 bridgehead atoms. The first-order chi connectivity index (χ1) is 1.73. The van der Waals surface area contributed by atoms with Crippen molar-refractivity contribution < 1.29 is 5.11 Å². The molecule has 2 N–H and O–H groups in total. The van der Waals surface area contributed by atoms with E-state index in [0.717, 1.165) is 0 Å². The maximum absolute atomic E-state index is 7.72. The lowest BCUT2D eigenvalue weighted by Crippen LogP contribution is -1.96. The molecule has 0 fully saturated rings. The van der Waals surface area contributed by atoms with E-state index in [-0.39, 0.29) is 0 Å². The number of aliphatic hydroxyl groups excluding tert-OH is 1. The molecule has 1 unspecified atom stereocenters. The van der Waals surface area contributed by atoms with E-state index in [4.69, 9.17) is 10.8 Å². The highest BCUT2D eigenvalue weighted by Crippen LogP contribution is 1.55. The van der Waals surface area contributed by atoms with Crippen LogP contribution in [0.2, 0.25) is 0 Å². The first-order valence-electron chi connectivity index (χ1n) is 1.12. The van der Waals surface area contributed by atoms with Gasteiger partial charge in [-0.05, 0) is 6.92 Å². The van der Waals surface area contributed by atoms with E-state index in [1.54, 1.807) is 0 Å². The molecule has 0 saturated carbocycles. The SMILES string of the molecule is CC([NH])O. The Kier molecular flexibility index (Phi) is 1.24. The van der Waals surface area contributed by atoms with Crippen LogP contribution in [0.4, 0.5) is 0 Å². The molecule has 0 rings (SSSR count). The van der Waals surface area contributed by atoms with Crippen molar-refractivity contribution >= 4 is 0 Å². The third-order valence-corrected chi connectivity index (χ3v) is 0. The fraction of sp³-hybridized carbons (Fsp3) is 1.00. The van der Waals surface area contributed by atoms with E-state index in [0.29, 0.717) is 0 Å². The van der Waals surface area contributed by atoms with Crippen molar-refractivity contribution in [2.75, 3.05) is 0 Å². The highest BCUT2D eigenvalue weighted by molar-refractivity contribution is 4.14. The highest BCUT2D eigenvalue weighted by atomic mass is 16.3. The third-order valence-electron chi connectivity index (χ3n) is 0. The number of hydrogen-bond acceptors (Lipinski definition) is 1. The number of rotatable bonds is 0. The van der Waals surface area contributed by atoms with Crippen LogP contribution < -0.4 is 5.73 Å². The van der Waals surface area contributed by atoms with Gasteiger partial charge in [-0.15, -0.1) is 0 Å². The Bertz CT molecular complexity index is 10.8. The summed E-state index contributed by atoms with van der Waals surface area (Å²) in [4.78, 5) is 0. The Labute approximate surface area is 25.2 Å². The van der Waals surface area contributed by atoms with E-state index in [2.05, 4.69) is 0 Å². The zero-order valence-electron chi connectivity index (χ0n) is 2.52. The van der Waals surface area contributed by atoms with Crippen molar-refractivity contribution in [2.24, 2.45) is 0 Å². The fourth-order valence-electron chi connectivity index (χ4n) is 0. The summed E-state index contributed by atoms with van der Waals surface area (Å²) in [6, 6.07) is 0. The van der Waals surface area contributed by atoms with Gasteiger partial charge in [0, 0.05) is 0 Å². The van der Waals surface area contributed by atoms with E-state index < -0.39 is 6.23 Å². The average molecular weight is 60.1 g/mol. The van der Waals surface area contributed by atoms with E-state index in [9.17, 15) is 0 Å². The molecule has 0 aromatic rings. The molecule has 2 nitrogen and oxygen atoms in total. The van der Waals surface area contributed by atoms with Gasteiger partial charge in [0.05, 0.1) is 0 Å². The Morgan fingerprint density at radius 1 is 2.00 bits per heavy atom. The molecule has 0 aliphatic carbocycles. The van der Waals surface area contributed by atoms with Crippen molar-refractivity contribution in [3.05, 3.63) is 0 Å². The number of nitrogens with one attached hydrogen (secondary N) is 1. The van der Waals surface area contributed by atoms with Crippen LogP contribution in [-0.2, 0) is 0 Å². The Hall–Kier alpha value is -0.0800. The van der Waals surface area contributed by atoms with Gasteiger partial charge in [0.1, 0.15) is 6.23 Å². The van der Waals surface area contributed by atoms with Crippen molar-refractivity contribution in [1.29, 1.82) is 0 Å². The summed E-state index contributed by atoms with van der Waals surface area (Å²) in [5.41, 5.74) is 6.14. The van der Waals surface area contributed by atoms with Crippen LogP contribution in [0.15, 0.2) is 0 Å². The minimum atomic E-state index is -0.917. The molecule has 0 amide bonds. The molecule has 0 heterocycles. The largest absolute Gasteiger partial charge is 0.378 e. The topological polar surface area (TPSA) is 44.0 Å². The lowest BCUT2D eigenvalue weighted by Gasteiger charge is -1.79. The molecule has 0 aromatic carbocycles. The Balaban J connectivity index is 2.32. The lowest BCUT2D eigenvalue weighted by atomic mass is 10.7. The van der Waals surface area contributed by atoms with Crippen LogP contribution >= 0.6 is 0 Å². The maximum Gasteiger partial charge on any atom is 0.114 e. The van der Waals surface area contributed by atoms with Crippen molar-refractivity contribution in [3.8, 4) is 0 Å². The number of aliphatic hydroxyl groups is 1. The molecule has 1 atom stereocenters. The smallest absolute Gasteiger partial charge is 0.114 e. The summed E-state index contributed by atoms with van der Waals surface area (Å²) >= 11 is 0. The standard InChI is InChI=1S/C2H6NO/c1-2(3)4/h2-4H,1H3. The van der Waals surface area contributed by atoms with E-state index >= 15 is 0 Å². The molecule has 2 heteroatoms. The molecule has 4 heavy (non-hydrogen) atoms. The zero-order chi connectivity index (χ0) is 3.58. The summed E-state index contributed by atoms with van der Waals surface area (Å²) in [5.74, 6) is 0. The van der Waals surface area contributed by atoms with Crippen molar-refractivity contribution in [1.82, 2.24) is 5.73 Å². The zero-order valence-corrected chi connectivity index (χ0v) is 2.52. The van der Waals surface area contributed by atoms with Gasteiger partial charge >= 0.3 is 0 Å². The first-order valence-corrected chi connectivity index (χ1v) is 1.12. The second-order valence-corrected chi connectivity index (χ2v) is 0.676. The Morgan fingerprint density at radius 3 is 2.00 bits per heavy atom. The van der Waals surface area contributed by atoms with Crippen molar-refractivity contribution in [3.63, 3.8) is 0 Å². The molecule has 0 saturated heterocycles. The third kappa shape index (κ3) is 254. The van der Waals surface area contributed by atoms with Gasteiger partial charge in [-0.2, -0.15) is 0 Å². The van der Waals surface area contributed by atoms with Gasteiger partial charge < -0.3 is 5.11 Å². The molecule has 0 spiro atoms. The lowest BCUT2D eigenvalue weighted by molar-refractivity contribution is 0.195. The van der Waals surface area contributed by atoms with Crippen LogP contribution in [0, 0.1) is 0 Å². The summed E-state index contributed by atoms with van der Waals surface area (Å²) in [6.45, 7) is 1.39. The van der Waals surface area contributed by atoms with Crippen LogP contribution in [-0.4, -0.2) is 11.3 Å². The van der Waals surface area contributed by atoms with Crippen LogP contribution in [0.1, 0.15) is 6.92 Å². The molecule has 1 radical (unpaired) electrons. The van der Waals surface area contributed by atoms with E-state index in [1.807, 2.05) is 0 Å². The first kappa shape index (κ1) is 3.92. The van der Waals surface area contributed by atoms with Crippen LogP contribution in [0.3, 0.4) is 0 Å². The minimum Gasteiger partial charge on any atom is -0.378 e. The van der Waals surface area contributed by atoms with Gasteiger partial charge in [0.25, 0.3) is 0 Å². The molecular weight excluding hydrogens is 54.0 g/mol. The second kappa shape index (κ2) is 1.26. The van der Waals surface area contributed by atoms with Gasteiger partial charge in [0.15, 0.2) is 0 Å². The van der Waals surface area contributed by atoms with Gasteiger partial charge in [-0.1, -0.05) is 0 Å². The van der Waals surface area contributed by atoms with Gasteiger partial charge in [0.2, 0.25) is 0 Å². The molecule has 0 aromatic heterocycles. The summed E-state index contributed by atoms with van der Waals surface area (Å²) in [7, 11) is 0. The van der Waals surface area contributed by atoms with E-state index in [1.165, 1.54) is 6.92 Å². The normalized spacial score (nSPS) is 15.8. The highest BCUT2D eigenvalue weighted by Gasteiger charge is 1.70. The molecule has 25 valence electrons. The monoisotopic (exact) mass is 60.0 g/mol. The number of hydrogen-bond donors (Lipinski definition) is 1.